The van der Waals surface area contributed by atoms with Crippen molar-refractivity contribution in [3.05, 3.63) is 22.3 Å². The van der Waals surface area contributed by atoms with E-state index in [4.69, 9.17) is 10.6 Å². The molecule has 34 heavy (non-hydrogen) atoms. The van der Waals surface area contributed by atoms with Gasteiger partial charge >= 0.3 is 29.6 Å². The fraction of sp³-hybridized carbons (Fsp3) is 0.375. The SMILES string of the molecule is CO/N=C(\C(=O)N[C@@H]1C(=O)N2C(C(=O)[O-])=C(CSc3nnnn3C)CS[C@@H]12)c1csc(N)n1.[Na+]. The number of thiazole rings is 1. The van der Waals surface area contributed by atoms with E-state index >= 15 is 0 Å². The summed E-state index contributed by atoms with van der Waals surface area (Å²) in [5, 5.41) is 30.9. The summed E-state index contributed by atoms with van der Waals surface area (Å²) in [7, 11) is 2.93. The van der Waals surface area contributed by atoms with Gasteiger partial charge in [0.25, 0.3) is 11.8 Å². The monoisotopic (exact) mass is 533 g/mol. The van der Waals surface area contributed by atoms with E-state index in [0.29, 0.717) is 16.5 Å². The van der Waals surface area contributed by atoms with Crippen molar-refractivity contribution in [2.24, 2.45) is 12.2 Å². The Morgan fingerprint density at radius 3 is 2.82 bits per heavy atom. The van der Waals surface area contributed by atoms with E-state index < -0.39 is 29.2 Å². The second-order valence-electron chi connectivity index (χ2n) is 6.67. The number of hydrogen-bond acceptors (Lipinski definition) is 14. The van der Waals surface area contributed by atoms with Crippen LogP contribution in [-0.4, -0.2) is 83.6 Å². The van der Waals surface area contributed by atoms with Crippen LogP contribution in [0.2, 0.25) is 0 Å². The van der Waals surface area contributed by atoms with Crippen LogP contribution in [-0.2, 0) is 26.3 Å². The third-order valence-electron chi connectivity index (χ3n) is 4.65. The van der Waals surface area contributed by atoms with Crippen LogP contribution in [0.3, 0.4) is 0 Å². The average molecular weight is 534 g/mol. The number of nitrogens with two attached hydrogens (primary N) is 1. The molecule has 4 heterocycles. The van der Waals surface area contributed by atoms with Gasteiger partial charge in [-0.3, -0.25) is 14.5 Å². The molecule has 2 aliphatic rings. The van der Waals surface area contributed by atoms with Crippen LogP contribution >= 0.6 is 34.9 Å². The molecule has 0 aliphatic carbocycles. The molecule has 1 fully saturated rings. The summed E-state index contributed by atoms with van der Waals surface area (Å²) < 4.78 is 1.46. The number of aromatic nitrogens is 5. The molecule has 0 spiro atoms. The maximum absolute atomic E-state index is 12.8. The molecule has 0 bridgehead atoms. The first-order valence-corrected chi connectivity index (χ1v) is 12.1. The van der Waals surface area contributed by atoms with Gasteiger partial charge in [-0.05, 0) is 16.0 Å². The number of tetrazole rings is 1. The van der Waals surface area contributed by atoms with Gasteiger partial charge in [0.15, 0.2) is 10.8 Å². The van der Waals surface area contributed by atoms with E-state index in [0.717, 1.165) is 16.2 Å². The Hall–Kier alpha value is -2.18. The summed E-state index contributed by atoms with van der Waals surface area (Å²) in [5.41, 5.74) is 5.97. The van der Waals surface area contributed by atoms with E-state index in [1.165, 1.54) is 40.7 Å². The van der Waals surface area contributed by atoms with Gasteiger partial charge in [-0.1, -0.05) is 16.9 Å². The first-order valence-electron chi connectivity index (χ1n) is 9.18. The molecular weight excluding hydrogens is 517 g/mol. The summed E-state index contributed by atoms with van der Waals surface area (Å²) in [6.45, 7) is 0. The number of carbonyl (C=O) groups is 3. The van der Waals surface area contributed by atoms with E-state index in [1.807, 2.05) is 0 Å². The number of carboxylic acids is 1. The number of carbonyl (C=O) groups excluding carboxylic acids is 3. The number of nitrogens with zero attached hydrogens (tertiary/aromatic N) is 7. The molecule has 0 unspecified atom stereocenters. The van der Waals surface area contributed by atoms with Crippen LogP contribution in [0.15, 0.2) is 27.0 Å². The van der Waals surface area contributed by atoms with Gasteiger partial charge < -0.3 is 25.8 Å². The smallest absolute Gasteiger partial charge is 0.543 e. The van der Waals surface area contributed by atoms with Crippen LogP contribution in [0.1, 0.15) is 5.69 Å². The predicted molar refractivity (Wildman–Crippen MR) is 117 cm³/mol. The van der Waals surface area contributed by atoms with Crippen molar-refractivity contribution in [2.45, 2.75) is 16.6 Å². The number of nitrogens with one attached hydrogen (secondary N) is 1. The van der Waals surface area contributed by atoms with Gasteiger partial charge in [-0.2, -0.15) is 0 Å². The number of aryl methyl sites for hydroxylation is 1. The van der Waals surface area contributed by atoms with E-state index in [1.54, 1.807) is 7.05 Å². The standard InChI is InChI=1S/C16H17N9O5S3.Na/c1-24-16(20-22-23-24)33-4-6-3-31-13-9(12(27)25(13)10(6)14(28)29)19-11(26)8(21-30-2)7-5-32-15(17)18-7;/h5,9,13H,3-4H2,1-2H3,(H2,17,18)(H,19,26)(H,28,29);/q;+1/p-1/b21-8-;/t9-,13+;/m1./s1. The van der Waals surface area contributed by atoms with E-state index in [9.17, 15) is 19.5 Å². The number of rotatable bonds is 8. The molecule has 0 aromatic carbocycles. The molecule has 1 saturated heterocycles. The van der Waals surface area contributed by atoms with Gasteiger partial charge in [0, 0.05) is 23.9 Å². The molecular formula is C16H16N9NaO5S3. The maximum Gasteiger partial charge on any atom is 1.00 e. The molecule has 2 aliphatic heterocycles. The van der Waals surface area contributed by atoms with Crippen LogP contribution in [0.5, 0.6) is 0 Å². The third kappa shape index (κ3) is 5.08. The summed E-state index contributed by atoms with van der Waals surface area (Å²) >= 11 is 3.69. The van der Waals surface area contributed by atoms with E-state index in [-0.39, 0.29) is 57.5 Å². The van der Waals surface area contributed by atoms with Gasteiger partial charge in [-0.25, -0.2) is 9.67 Å². The van der Waals surface area contributed by atoms with Crippen LogP contribution in [0.4, 0.5) is 5.13 Å². The zero-order valence-electron chi connectivity index (χ0n) is 18.1. The molecule has 0 saturated carbocycles. The van der Waals surface area contributed by atoms with Crippen molar-refractivity contribution >= 4 is 63.5 Å². The molecule has 2 aromatic rings. The largest absolute Gasteiger partial charge is 1.00 e. The van der Waals surface area contributed by atoms with Crippen molar-refractivity contribution in [1.29, 1.82) is 0 Å². The molecule has 18 heteroatoms. The van der Waals surface area contributed by atoms with Crippen LogP contribution in [0, 0.1) is 0 Å². The number of nitrogen functional groups attached to an aromatic ring is 1. The van der Waals surface area contributed by atoms with Crippen LogP contribution < -0.4 is 45.7 Å². The van der Waals surface area contributed by atoms with Gasteiger partial charge in [0.05, 0.1) is 11.7 Å². The molecule has 2 atom stereocenters. The first-order chi connectivity index (χ1) is 15.8. The molecule has 0 radical (unpaired) electrons. The topological polar surface area (TPSA) is 194 Å². The molecule has 3 N–H and O–H groups in total. The number of β-lactam (4-membered cyclic amide) rings is 1. The summed E-state index contributed by atoms with van der Waals surface area (Å²) in [4.78, 5) is 47.3. The van der Waals surface area contributed by atoms with Crippen LogP contribution in [0.25, 0.3) is 0 Å². The van der Waals surface area contributed by atoms with Gasteiger partial charge in [0.2, 0.25) is 5.16 Å². The van der Waals surface area contributed by atoms with Crippen molar-refractivity contribution in [1.82, 2.24) is 35.4 Å². The quantitative estimate of drug-likeness (QED) is 0.108. The van der Waals surface area contributed by atoms with Gasteiger partial charge in [0.1, 0.15) is 24.2 Å². The molecule has 2 aromatic heterocycles. The van der Waals surface area contributed by atoms with E-state index in [2.05, 4.69) is 31.0 Å². The summed E-state index contributed by atoms with van der Waals surface area (Å²) in [6.07, 6.45) is 0. The van der Waals surface area contributed by atoms with Crippen molar-refractivity contribution in [3.63, 3.8) is 0 Å². The third-order valence-corrected chi connectivity index (χ3v) is 7.76. The number of carboxylic acid groups (broad SMARTS) is 1. The number of oxime groups is 1. The Morgan fingerprint density at radius 1 is 1.47 bits per heavy atom. The molecule has 14 nitrogen and oxygen atoms in total. The van der Waals surface area contributed by atoms with Crippen molar-refractivity contribution in [2.75, 3.05) is 24.3 Å². The molecule has 2 amide bonds. The number of anilines is 1. The minimum atomic E-state index is -1.47. The molecule has 174 valence electrons. The minimum Gasteiger partial charge on any atom is -0.543 e. The Labute approximate surface area is 227 Å². The second kappa shape index (κ2) is 11.0. The number of hydrogen-bond donors (Lipinski definition) is 2. The first kappa shape index (κ1) is 26.4. The van der Waals surface area contributed by atoms with Gasteiger partial charge in [-0.15, -0.1) is 28.2 Å². The number of fused-ring (bicyclic) bond motifs is 1. The minimum absolute atomic E-state index is 0. The number of thioether (sulfide) groups is 2. The fourth-order valence-electron chi connectivity index (χ4n) is 3.18. The maximum atomic E-state index is 12.8. The summed E-state index contributed by atoms with van der Waals surface area (Å²) in [6, 6.07) is -0.952. The van der Waals surface area contributed by atoms with Crippen molar-refractivity contribution < 1.29 is 53.9 Å². The normalized spacial score (nSPS) is 19.8. The fourth-order valence-corrected chi connectivity index (χ4v) is 6.06. The Morgan fingerprint density at radius 2 is 2.24 bits per heavy atom. The Bertz CT molecular complexity index is 1180. The Balaban J connectivity index is 0.00000324. The average Bonchev–Trinajstić information content (AvgIpc) is 3.40. The van der Waals surface area contributed by atoms with Crippen molar-refractivity contribution in [3.8, 4) is 0 Å². The number of aliphatic carboxylic acids is 1. The number of amides is 2. The summed E-state index contributed by atoms with van der Waals surface area (Å²) in [5.74, 6) is -2.16. The predicted octanol–water partition coefficient (Wildman–Crippen LogP) is -5.20. The second-order valence-corrected chi connectivity index (χ2v) is 9.60. The molecule has 4 rings (SSSR count). The Kier molecular flexibility index (Phi) is 8.58. The zero-order chi connectivity index (χ0) is 23.7. The zero-order valence-corrected chi connectivity index (χ0v) is 22.6.